The maximum absolute atomic E-state index is 11.8. The third-order valence-corrected chi connectivity index (χ3v) is 3.16. The van der Waals surface area contributed by atoms with Crippen LogP contribution in [0.25, 0.3) is 11.5 Å². The van der Waals surface area contributed by atoms with E-state index in [4.69, 9.17) is 16.1 Å². The Bertz CT molecular complexity index is 769. The van der Waals surface area contributed by atoms with E-state index in [0.29, 0.717) is 10.8 Å². The van der Waals surface area contributed by atoms with Crippen LogP contribution in [0.4, 0.5) is 0 Å². The highest BCUT2D eigenvalue weighted by Gasteiger charge is 2.12. The summed E-state index contributed by atoms with van der Waals surface area (Å²) in [5.74, 6) is 0.289. The van der Waals surface area contributed by atoms with Gasteiger partial charge in [-0.05, 0) is 12.1 Å². The van der Waals surface area contributed by atoms with Gasteiger partial charge in [0.1, 0.15) is 11.7 Å². The fraction of sp³-hybridized carbons (Fsp3) is 0.154. The van der Waals surface area contributed by atoms with Gasteiger partial charge in [-0.25, -0.2) is 4.79 Å². The number of nitrogens with zero attached hydrogens (tertiary/aromatic N) is 4. The lowest BCUT2D eigenvalue weighted by atomic mass is 10.2. The minimum Gasteiger partial charge on any atom is -0.354 e. The molecule has 1 aromatic carbocycles. The molecular weight excluding hydrogens is 280 g/mol. The van der Waals surface area contributed by atoms with E-state index in [0.717, 1.165) is 10.3 Å². The monoisotopic (exact) mass is 290 g/mol. The number of hydrogen-bond donors (Lipinski definition) is 0. The van der Waals surface area contributed by atoms with Crippen molar-refractivity contribution in [3.8, 4) is 11.5 Å². The number of hydrogen-bond acceptors (Lipinski definition) is 4. The van der Waals surface area contributed by atoms with Crippen LogP contribution in [0.15, 0.2) is 45.7 Å². The maximum atomic E-state index is 11.8. The summed E-state index contributed by atoms with van der Waals surface area (Å²) in [5.41, 5.74) is 0.934. The largest absolute Gasteiger partial charge is 0.380 e. The molecule has 0 radical (unpaired) electrons. The second-order valence-corrected chi connectivity index (χ2v) is 4.66. The zero-order chi connectivity index (χ0) is 14.1. The van der Waals surface area contributed by atoms with Gasteiger partial charge in [-0.15, -0.1) is 4.74 Å². The number of rotatable bonds is 3. The van der Waals surface area contributed by atoms with Gasteiger partial charge in [-0.1, -0.05) is 29.8 Å². The minimum atomic E-state index is -0.453. The topological polar surface area (TPSA) is 65.8 Å². The number of halogens is 1. The predicted molar refractivity (Wildman–Crippen MR) is 73.5 cm³/mol. The SMILES string of the molecule is Cn1nc(Cn2oc(-c3ccccc3)nc2=O)cc1Cl. The smallest absolute Gasteiger partial charge is 0.354 e. The molecule has 0 N–H and O–H groups in total. The van der Waals surface area contributed by atoms with Gasteiger partial charge in [0.25, 0.3) is 5.89 Å². The summed E-state index contributed by atoms with van der Waals surface area (Å²) < 4.78 is 8.13. The van der Waals surface area contributed by atoms with Crippen molar-refractivity contribution in [3.05, 3.63) is 57.7 Å². The number of benzene rings is 1. The van der Waals surface area contributed by atoms with Gasteiger partial charge in [0.05, 0.1) is 5.69 Å². The van der Waals surface area contributed by atoms with Crippen molar-refractivity contribution < 1.29 is 4.52 Å². The molecule has 0 aliphatic heterocycles. The molecule has 0 aliphatic rings. The fourth-order valence-corrected chi connectivity index (χ4v) is 1.99. The van der Waals surface area contributed by atoms with Crippen LogP contribution in [0.5, 0.6) is 0 Å². The normalized spacial score (nSPS) is 10.9. The second kappa shape index (κ2) is 4.97. The van der Waals surface area contributed by atoms with Crippen molar-refractivity contribution in [1.82, 2.24) is 19.5 Å². The Morgan fingerprint density at radius 3 is 2.70 bits per heavy atom. The molecule has 0 unspecified atom stereocenters. The Labute approximate surface area is 119 Å². The molecule has 0 aliphatic carbocycles. The molecule has 0 amide bonds. The van der Waals surface area contributed by atoms with Crippen molar-refractivity contribution in [2.75, 3.05) is 0 Å². The lowest BCUT2D eigenvalue weighted by Crippen LogP contribution is -2.17. The number of aromatic nitrogens is 4. The maximum Gasteiger partial charge on any atom is 0.380 e. The Kier molecular flexibility index (Phi) is 3.15. The molecule has 2 heterocycles. The Morgan fingerprint density at radius 1 is 1.30 bits per heavy atom. The van der Waals surface area contributed by atoms with Crippen LogP contribution in [-0.4, -0.2) is 19.5 Å². The quantitative estimate of drug-likeness (QED) is 0.739. The first-order chi connectivity index (χ1) is 9.63. The molecule has 3 rings (SSSR count). The van der Waals surface area contributed by atoms with E-state index in [1.54, 1.807) is 13.1 Å². The first-order valence-corrected chi connectivity index (χ1v) is 6.33. The lowest BCUT2D eigenvalue weighted by Gasteiger charge is -1.95. The first kappa shape index (κ1) is 12.7. The van der Waals surface area contributed by atoms with Crippen LogP contribution in [0.3, 0.4) is 0 Å². The van der Waals surface area contributed by atoms with E-state index in [1.807, 2.05) is 30.3 Å². The van der Waals surface area contributed by atoms with Crippen LogP contribution in [0.2, 0.25) is 5.15 Å². The van der Waals surface area contributed by atoms with Crippen molar-refractivity contribution in [2.24, 2.45) is 7.05 Å². The first-order valence-electron chi connectivity index (χ1n) is 5.95. The minimum absolute atomic E-state index is 0.194. The van der Waals surface area contributed by atoms with Crippen molar-refractivity contribution in [2.45, 2.75) is 6.54 Å². The molecule has 0 spiro atoms. The van der Waals surface area contributed by atoms with Crippen LogP contribution < -0.4 is 5.69 Å². The van der Waals surface area contributed by atoms with E-state index in [-0.39, 0.29) is 12.4 Å². The van der Waals surface area contributed by atoms with Gasteiger partial charge in [-0.2, -0.15) is 10.1 Å². The zero-order valence-electron chi connectivity index (χ0n) is 10.7. The van der Waals surface area contributed by atoms with Gasteiger partial charge in [0.15, 0.2) is 0 Å². The Hall–Kier alpha value is -2.34. The highest BCUT2D eigenvalue weighted by molar-refractivity contribution is 6.29. The van der Waals surface area contributed by atoms with E-state index in [2.05, 4.69) is 10.1 Å². The summed E-state index contributed by atoms with van der Waals surface area (Å²) in [6.45, 7) is 0.194. The summed E-state index contributed by atoms with van der Waals surface area (Å²) in [6.07, 6.45) is 0. The molecule has 6 nitrogen and oxygen atoms in total. The Morgan fingerprint density at radius 2 is 2.05 bits per heavy atom. The molecule has 102 valence electrons. The van der Waals surface area contributed by atoms with Crippen LogP contribution in [0.1, 0.15) is 5.69 Å². The van der Waals surface area contributed by atoms with Gasteiger partial charge in [0, 0.05) is 18.7 Å². The molecule has 0 atom stereocenters. The van der Waals surface area contributed by atoms with Crippen LogP contribution in [0, 0.1) is 0 Å². The standard InChI is InChI=1S/C13H11ClN4O2/c1-17-11(14)7-10(16-17)8-18-13(19)15-12(20-18)9-5-3-2-4-6-9/h2-7H,8H2,1H3. The second-order valence-electron chi connectivity index (χ2n) is 4.28. The molecule has 3 aromatic rings. The van der Waals surface area contributed by atoms with Crippen LogP contribution >= 0.6 is 11.6 Å². The molecule has 20 heavy (non-hydrogen) atoms. The summed E-state index contributed by atoms with van der Waals surface area (Å²) in [5, 5.41) is 4.66. The molecule has 0 fully saturated rings. The molecule has 7 heteroatoms. The molecule has 0 saturated heterocycles. The highest BCUT2D eigenvalue weighted by Crippen LogP contribution is 2.15. The van der Waals surface area contributed by atoms with Crippen molar-refractivity contribution in [3.63, 3.8) is 0 Å². The van der Waals surface area contributed by atoms with Gasteiger partial charge in [-0.3, -0.25) is 4.68 Å². The molecule has 0 bridgehead atoms. The van der Waals surface area contributed by atoms with Crippen molar-refractivity contribution in [1.29, 1.82) is 0 Å². The molecular formula is C13H11ClN4O2. The van der Waals surface area contributed by atoms with E-state index >= 15 is 0 Å². The van der Waals surface area contributed by atoms with E-state index in [9.17, 15) is 4.79 Å². The third-order valence-electron chi connectivity index (χ3n) is 2.81. The fourth-order valence-electron chi connectivity index (χ4n) is 1.83. The van der Waals surface area contributed by atoms with E-state index < -0.39 is 5.69 Å². The zero-order valence-corrected chi connectivity index (χ0v) is 11.4. The van der Waals surface area contributed by atoms with Gasteiger partial charge < -0.3 is 4.52 Å². The number of aryl methyl sites for hydroxylation is 1. The predicted octanol–water partition coefficient (Wildman–Crippen LogP) is 1.94. The van der Waals surface area contributed by atoms with Gasteiger partial charge >= 0.3 is 5.69 Å². The molecule has 2 aromatic heterocycles. The summed E-state index contributed by atoms with van der Waals surface area (Å²) >= 11 is 5.90. The average Bonchev–Trinajstić information content (AvgIpc) is 2.95. The van der Waals surface area contributed by atoms with E-state index in [1.165, 1.54) is 4.68 Å². The van der Waals surface area contributed by atoms with Gasteiger partial charge in [0.2, 0.25) is 0 Å². The average molecular weight is 291 g/mol. The Balaban J connectivity index is 1.92. The summed E-state index contributed by atoms with van der Waals surface area (Å²) in [7, 11) is 1.73. The molecule has 0 saturated carbocycles. The third kappa shape index (κ3) is 2.37. The van der Waals surface area contributed by atoms with Crippen LogP contribution in [-0.2, 0) is 13.6 Å². The summed E-state index contributed by atoms with van der Waals surface area (Å²) in [6, 6.07) is 10.9. The van der Waals surface area contributed by atoms with Crippen molar-refractivity contribution >= 4 is 11.6 Å². The highest BCUT2D eigenvalue weighted by atomic mass is 35.5. The lowest BCUT2D eigenvalue weighted by molar-refractivity contribution is 0.283. The summed E-state index contributed by atoms with van der Waals surface area (Å²) in [4.78, 5) is 15.7.